The summed E-state index contributed by atoms with van der Waals surface area (Å²) in [6.07, 6.45) is 0. The number of hydrogen-bond donors (Lipinski definition) is 6. The molecule has 0 saturated carbocycles. The molecule has 0 spiro atoms. The largest absolute Gasteiger partial charge is 0.399 e. The molecule has 10 N–H and O–H groups in total. The average molecular weight is 481 g/mol. The van der Waals surface area contributed by atoms with Crippen LogP contribution in [0.3, 0.4) is 0 Å². The Labute approximate surface area is 209 Å². The quantitative estimate of drug-likeness (QED) is 0.0920. The zero-order chi connectivity index (χ0) is 25.3. The van der Waals surface area contributed by atoms with Gasteiger partial charge in [0.2, 0.25) is 0 Å². The van der Waals surface area contributed by atoms with Crippen LogP contribution in [0.5, 0.6) is 0 Å². The summed E-state index contributed by atoms with van der Waals surface area (Å²) >= 11 is 0. The number of rotatable bonds is 9. The van der Waals surface area contributed by atoms with Gasteiger partial charge in [0.05, 0.1) is 22.7 Å². The summed E-state index contributed by atoms with van der Waals surface area (Å²) in [6.45, 7) is 1.47. The molecule has 0 bridgehead atoms. The number of azo groups is 2. The topological polar surface area (TPSA) is 178 Å². The summed E-state index contributed by atoms with van der Waals surface area (Å²) in [7, 11) is 0. The molecule has 0 aliphatic rings. The lowest BCUT2D eigenvalue weighted by Crippen LogP contribution is -2.13. The number of benzene rings is 4. The van der Waals surface area contributed by atoms with Gasteiger partial charge in [-0.05, 0) is 84.9 Å². The molecule has 0 heterocycles. The maximum atomic E-state index is 5.91. The Morgan fingerprint density at radius 1 is 0.472 bits per heavy atom. The molecule has 0 saturated heterocycles. The molecule has 0 amide bonds. The van der Waals surface area contributed by atoms with Crippen molar-refractivity contribution in [3.63, 3.8) is 0 Å². The lowest BCUT2D eigenvalue weighted by atomic mass is 10.2. The van der Waals surface area contributed by atoms with Crippen molar-refractivity contribution >= 4 is 56.9 Å². The summed E-state index contributed by atoms with van der Waals surface area (Å²) in [4.78, 5) is 0. The number of anilines is 6. The van der Waals surface area contributed by atoms with Crippen molar-refractivity contribution < 1.29 is 0 Å². The zero-order valence-electron chi connectivity index (χ0n) is 19.6. The van der Waals surface area contributed by atoms with Crippen molar-refractivity contribution in [3.8, 4) is 0 Å². The van der Waals surface area contributed by atoms with Crippen molar-refractivity contribution in [2.24, 2.45) is 20.5 Å². The van der Waals surface area contributed by atoms with E-state index in [-0.39, 0.29) is 0 Å². The van der Waals surface area contributed by atoms with Crippen molar-refractivity contribution in [1.29, 1.82) is 0 Å². The molecule has 36 heavy (non-hydrogen) atoms. The van der Waals surface area contributed by atoms with E-state index >= 15 is 0 Å². The van der Waals surface area contributed by atoms with E-state index in [4.69, 9.17) is 22.9 Å². The maximum Gasteiger partial charge on any atom is 0.109 e. The van der Waals surface area contributed by atoms with Gasteiger partial charge in [0.15, 0.2) is 0 Å². The highest BCUT2D eigenvalue weighted by Crippen LogP contribution is 2.28. The Morgan fingerprint density at radius 2 is 0.861 bits per heavy atom. The van der Waals surface area contributed by atoms with Crippen molar-refractivity contribution in [3.05, 3.63) is 84.9 Å². The van der Waals surface area contributed by atoms with Crippen molar-refractivity contribution in [2.45, 2.75) is 0 Å². The first-order valence-corrected chi connectivity index (χ1v) is 11.3. The van der Waals surface area contributed by atoms with E-state index in [1.165, 1.54) is 0 Å². The lowest BCUT2D eigenvalue weighted by molar-refractivity contribution is 1.08. The van der Waals surface area contributed by atoms with Gasteiger partial charge in [-0.1, -0.05) is 0 Å². The molecular weight excluding hydrogens is 452 g/mol. The van der Waals surface area contributed by atoms with Crippen molar-refractivity contribution in [1.82, 2.24) is 0 Å². The summed E-state index contributed by atoms with van der Waals surface area (Å²) < 4.78 is 0. The van der Waals surface area contributed by atoms with Crippen LogP contribution in [0.2, 0.25) is 0 Å². The third kappa shape index (κ3) is 6.70. The number of nitrogen functional groups attached to an aromatic ring is 4. The van der Waals surface area contributed by atoms with Crippen LogP contribution >= 0.6 is 0 Å². The third-order valence-electron chi connectivity index (χ3n) is 5.17. The predicted molar refractivity (Wildman–Crippen MR) is 149 cm³/mol. The smallest absolute Gasteiger partial charge is 0.109 e. The minimum absolute atomic E-state index is 0.493. The predicted octanol–water partition coefficient (Wildman–Crippen LogP) is 6.37. The molecule has 0 fully saturated rings. The minimum Gasteiger partial charge on any atom is -0.399 e. The fourth-order valence-corrected chi connectivity index (χ4v) is 3.26. The fourth-order valence-electron chi connectivity index (χ4n) is 3.26. The van der Waals surface area contributed by atoms with Crippen molar-refractivity contribution in [2.75, 3.05) is 46.7 Å². The van der Waals surface area contributed by atoms with E-state index in [9.17, 15) is 0 Å². The van der Waals surface area contributed by atoms with E-state index in [0.29, 0.717) is 34.1 Å². The molecule has 0 unspecified atom stereocenters. The highest BCUT2D eigenvalue weighted by atomic mass is 15.1. The monoisotopic (exact) mass is 480 g/mol. The number of nitrogens with zero attached hydrogens (tertiary/aromatic N) is 4. The van der Waals surface area contributed by atoms with E-state index in [1.54, 1.807) is 36.4 Å². The number of nitrogens with two attached hydrogens (primary N) is 4. The summed E-state index contributed by atoms with van der Waals surface area (Å²) in [5.41, 5.74) is 30.0. The zero-order valence-corrected chi connectivity index (χ0v) is 19.6. The summed E-state index contributed by atoms with van der Waals surface area (Å²) in [5, 5.41) is 23.6. The van der Waals surface area contributed by atoms with Gasteiger partial charge in [-0.15, -0.1) is 10.2 Å². The van der Waals surface area contributed by atoms with E-state index in [2.05, 4.69) is 31.1 Å². The van der Waals surface area contributed by atoms with Gasteiger partial charge < -0.3 is 33.6 Å². The minimum atomic E-state index is 0.493. The van der Waals surface area contributed by atoms with Gasteiger partial charge >= 0.3 is 0 Å². The SMILES string of the molecule is Nc1ccc(/N=N/c2ccc(NCCNc3ccc(/N=N/c4ccc(N)cc4N)cc3)cc2)c(N)c1. The average Bonchev–Trinajstić information content (AvgIpc) is 2.87. The Kier molecular flexibility index (Phi) is 7.57. The first-order chi connectivity index (χ1) is 17.5. The molecule has 0 aromatic heterocycles. The Balaban J connectivity index is 1.22. The molecule has 0 atom stereocenters. The van der Waals surface area contributed by atoms with Gasteiger partial charge in [-0.25, -0.2) is 0 Å². The first kappa shape index (κ1) is 24.0. The number of hydrogen-bond acceptors (Lipinski definition) is 10. The second-order valence-electron chi connectivity index (χ2n) is 7.98. The van der Waals surface area contributed by atoms with Crippen LogP contribution < -0.4 is 33.6 Å². The van der Waals surface area contributed by atoms with E-state index in [1.807, 2.05) is 48.5 Å². The molecule has 182 valence electrons. The summed E-state index contributed by atoms with van der Waals surface area (Å²) in [6, 6.07) is 25.6. The molecule has 0 aliphatic carbocycles. The van der Waals surface area contributed by atoms with Gasteiger partial charge in [0.1, 0.15) is 11.4 Å². The second kappa shape index (κ2) is 11.3. The van der Waals surface area contributed by atoms with Crippen LogP contribution in [0.25, 0.3) is 0 Å². The van der Waals surface area contributed by atoms with Crippen LogP contribution in [0.1, 0.15) is 0 Å². The molecular formula is C26H28N10. The molecule has 10 heteroatoms. The highest BCUT2D eigenvalue weighted by Gasteiger charge is 2.00. The second-order valence-corrected chi connectivity index (χ2v) is 7.98. The normalized spacial score (nSPS) is 11.2. The number of nitrogens with one attached hydrogen (secondary N) is 2. The van der Waals surface area contributed by atoms with Gasteiger partial charge in [-0.3, -0.25) is 0 Å². The molecule has 0 aliphatic heterocycles. The molecule has 10 nitrogen and oxygen atoms in total. The van der Waals surface area contributed by atoms with Crippen LogP contribution in [0.15, 0.2) is 105 Å². The Morgan fingerprint density at radius 3 is 1.22 bits per heavy atom. The first-order valence-electron chi connectivity index (χ1n) is 11.3. The van der Waals surface area contributed by atoms with Crippen LogP contribution in [0.4, 0.5) is 56.9 Å². The van der Waals surface area contributed by atoms with Gasteiger partial charge in [-0.2, -0.15) is 10.2 Å². The highest BCUT2D eigenvalue weighted by molar-refractivity contribution is 5.68. The van der Waals surface area contributed by atoms with Crippen LogP contribution in [-0.4, -0.2) is 13.1 Å². The van der Waals surface area contributed by atoms with Crippen LogP contribution in [-0.2, 0) is 0 Å². The Hall–Kier alpha value is -5.12. The van der Waals surface area contributed by atoms with E-state index in [0.717, 1.165) is 35.8 Å². The Bertz CT molecular complexity index is 1260. The standard InChI is InChI=1S/C26H28N10/c27-17-1-11-25(23(29)15-17)35-33-21-7-3-19(4-8-21)31-13-14-32-20-5-9-22(10-6-20)34-36-26-12-2-18(28)16-24(26)30/h1-12,15-16,31-32H,13-14,27-30H2/b35-33+,36-34+. The van der Waals surface area contributed by atoms with Gasteiger partial charge in [0, 0.05) is 35.8 Å². The van der Waals surface area contributed by atoms with Crippen LogP contribution in [0, 0.1) is 0 Å². The fraction of sp³-hybridized carbons (Fsp3) is 0.0769. The summed E-state index contributed by atoms with van der Waals surface area (Å²) in [5.74, 6) is 0. The maximum absolute atomic E-state index is 5.91. The van der Waals surface area contributed by atoms with Gasteiger partial charge in [0.25, 0.3) is 0 Å². The lowest BCUT2D eigenvalue weighted by Gasteiger charge is -2.09. The molecule has 0 radical (unpaired) electrons. The molecule has 4 aromatic carbocycles. The van der Waals surface area contributed by atoms with E-state index < -0.39 is 0 Å². The molecule has 4 aromatic rings. The molecule has 4 rings (SSSR count). The third-order valence-corrected chi connectivity index (χ3v) is 5.17.